The summed E-state index contributed by atoms with van der Waals surface area (Å²) in [6.07, 6.45) is 1.31. The van der Waals surface area contributed by atoms with Crippen LogP contribution in [0.2, 0.25) is 15.1 Å². The van der Waals surface area contributed by atoms with Crippen LogP contribution < -0.4 is 15.4 Å². The van der Waals surface area contributed by atoms with E-state index in [-0.39, 0.29) is 29.4 Å². The van der Waals surface area contributed by atoms with E-state index in [1.807, 2.05) is 0 Å². The van der Waals surface area contributed by atoms with Crippen LogP contribution in [-0.4, -0.2) is 31.1 Å². The van der Waals surface area contributed by atoms with Crippen molar-refractivity contribution >= 4 is 52.3 Å². The van der Waals surface area contributed by atoms with Crippen molar-refractivity contribution < 1.29 is 23.5 Å². The lowest BCUT2D eigenvalue weighted by atomic mass is 9.59. The molecule has 0 bridgehead atoms. The second kappa shape index (κ2) is 10.3. The quantitative estimate of drug-likeness (QED) is 0.361. The highest BCUT2D eigenvalue weighted by molar-refractivity contribution is 6.31. The summed E-state index contributed by atoms with van der Waals surface area (Å²) in [5.41, 5.74) is 0.990. The zero-order valence-electron chi connectivity index (χ0n) is 20.6. The van der Waals surface area contributed by atoms with Gasteiger partial charge in [0.1, 0.15) is 23.1 Å². The van der Waals surface area contributed by atoms with Crippen molar-refractivity contribution in [3.8, 4) is 5.75 Å². The van der Waals surface area contributed by atoms with Crippen LogP contribution >= 0.6 is 34.8 Å². The van der Waals surface area contributed by atoms with Crippen molar-refractivity contribution in [1.29, 1.82) is 0 Å². The molecule has 2 fully saturated rings. The minimum atomic E-state index is -1.34. The molecule has 0 aliphatic carbocycles. The maximum atomic E-state index is 14.2. The highest BCUT2D eigenvalue weighted by Gasteiger charge is 2.61. The Morgan fingerprint density at radius 2 is 1.69 bits per heavy atom. The van der Waals surface area contributed by atoms with Gasteiger partial charge in [0, 0.05) is 46.5 Å². The molecule has 10 heteroatoms. The van der Waals surface area contributed by atoms with Crippen LogP contribution in [0.15, 0.2) is 54.6 Å². The van der Waals surface area contributed by atoms with Gasteiger partial charge in [-0.1, -0.05) is 46.9 Å². The van der Waals surface area contributed by atoms with Crippen molar-refractivity contribution in [3.05, 3.63) is 92.2 Å². The number of hydrogen-bond donors (Lipinski definition) is 2. The van der Waals surface area contributed by atoms with Gasteiger partial charge in [-0.2, -0.15) is 0 Å². The first-order chi connectivity index (χ1) is 18.8. The van der Waals surface area contributed by atoms with Gasteiger partial charge in [0.2, 0.25) is 11.8 Å². The van der Waals surface area contributed by atoms with Gasteiger partial charge in [-0.25, -0.2) is 4.39 Å². The molecule has 2 amide bonds. The summed E-state index contributed by atoms with van der Waals surface area (Å²) in [6, 6.07) is 13.8. The second-order valence-electron chi connectivity index (χ2n) is 10.1. The highest BCUT2D eigenvalue weighted by atomic mass is 35.5. The van der Waals surface area contributed by atoms with Gasteiger partial charge >= 0.3 is 0 Å². The molecule has 6 nitrogen and oxygen atoms in total. The molecule has 0 saturated carbocycles. The van der Waals surface area contributed by atoms with Crippen LogP contribution in [0.1, 0.15) is 47.9 Å². The molecule has 3 aliphatic rings. The van der Waals surface area contributed by atoms with E-state index in [9.17, 15) is 14.0 Å². The van der Waals surface area contributed by atoms with E-state index in [0.29, 0.717) is 64.2 Å². The van der Waals surface area contributed by atoms with E-state index in [4.69, 9.17) is 44.3 Å². The Morgan fingerprint density at radius 3 is 2.46 bits per heavy atom. The minimum Gasteiger partial charge on any atom is -0.490 e. The molecule has 3 aromatic carbocycles. The van der Waals surface area contributed by atoms with Crippen LogP contribution in [0.25, 0.3) is 0 Å². The minimum absolute atomic E-state index is 0.0231. The summed E-state index contributed by atoms with van der Waals surface area (Å²) in [6.45, 7) is 1.17. The Balaban J connectivity index is 1.58. The molecular formula is C29H24Cl3FN2O4. The molecule has 6 rings (SSSR count). The predicted molar refractivity (Wildman–Crippen MR) is 147 cm³/mol. The van der Waals surface area contributed by atoms with Crippen LogP contribution in [0.3, 0.4) is 0 Å². The smallest absolute Gasteiger partial charge is 0.238 e. The third-order valence-electron chi connectivity index (χ3n) is 7.84. The number of piperidine rings is 1. The normalized spacial score (nSPS) is 24.8. The van der Waals surface area contributed by atoms with E-state index in [0.717, 1.165) is 0 Å². The molecule has 39 heavy (non-hydrogen) atoms. The maximum absolute atomic E-state index is 14.2. The van der Waals surface area contributed by atoms with Crippen molar-refractivity contribution in [3.63, 3.8) is 0 Å². The van der Waals surface area contributed by atoms with Crippen LogP contribution in [0.4, 0.5) is 10.1 Å². The van der Waals surface area contributed by atoms with Gasteiger partial charge in [0.25, 0.3) is 0 Å². The molecule has 3 aromatic rings. The first-order valence-corrected chi connectivity index (χ1v) is 13.8. The van der Waals surface area contributed by atoms with E-state index in [2.05, 4.69) is 10.6 Å². The number of carbonyl (C=O) groups is 2. The lowest BCUT2D eigenvalue weighted by Gasteiger charge is -2.46. The molecule has 2 saturated heterocycles. The molecule has 2 N–H and O–H groups in total. The summed E-state index contributed by atoms with van der Waals surface area (Å²) in [7, 11) is 0. The summed E-state index contributed by atoms with van der Waals surface area (Å²) in [4.78, 5) is 27.5. The summed E-state index contributed by atoms with van der Waals surface area (Å²) in [5.74, 6) is -1.36. The molecule has 1 spiro atoms. The molecule has 3 heterocycles. The largest absolute Gasteiger partial charge is 0.490 e. The molecule has 3 aliphatic heterocycles. The number of carbonyl (C=O) groups excluding carboxylic acids is 2. The van der Waals surface area contributed by atoms with E-state index >= 15 is 0 Å². The van der Waals surface area contributed by atoms with Gasteiger partial charge in [-0.05, 0) is 53.6 Å². The third kappa shape index (κ3) is 4.55. The topological polar surface area (TPSA) is 76.7 Å². The van der Waals surface area contributed by atoms with Crippen molar-refractivity contribution in [2.75, 3.05) is 18.5 Å². The van der Waals surface area contributed by atoms with Crippen molar-refractivity contribution in [2.45, 2.75) is 42.7 Å². The fourth-order valence-corrected chi connectivity index (χ4v) is 6.64. The third-order valence-corrected chi connectivity index (χ3v) is 8.60. The fraction of sp³-hybridized carbons (Fsp3) is 0.310. The summed E-state index contributed by atoms with van der Waals surface area (Å²) in [5, 5.41) is 6.85. The van der Waals surface area contributed by atoms with Gasteiger partial charge < -0.3 is 20.1 Å². The number of rotatable bonds is 4. The van der Waals surface area contributed by atoms with E-state index in [1.165, 1.54) is 12.1 Å². The zero-order valence-corrected chi connectivity index (χ0v) is 22.9. The first-order valence-electron chi connectivity index (χ1n) is 12.7. The standard InChI is InChI=1S/C29H24Cl3FN2O4/c30-16-3-6-25(39-18-7-9-38-10-8-18)19(12-16)27-29(20-4-2-17(31)13-24(20)34-28(29)37)21(14-26(36)35-27)15-1-5-23(33)22(32)11-15/h1-6,11-13,18,21,27H,7-10,14H2,(H,34,37)(H,35,36). The average molecular weight is 590 g/mol. The van der Waals surface area contributed by atoms with Gasteiger partial charge in [0.05, 0.1) is 24.3 Å². The Hall–Kier alpha value is -2.84. The molecule has 0 aromatic heterocycles. The van der Waals surface area contributed by atoms with Crippen LogP contribution in [0, 0.1) is 5.82 Å². The van der Waals surface area contributed by atoms with Gasteiger partial charge in [-0.3, -0.25) is 9.59 Å². The number of halogens is 4. The number of amides is 2. The predicted octanol–water partition coefficient (Wildman–Crippen LogP) is 6.58. The molecular weight excluding hydrogens is 566 g/mol. The average Bonchev–Trinajstić information content (AvgIpc) is 3.19. The zero-order chi connectivity index (χ0) is 27.3. The number of benzene rings is 3. The van der Waals surface area contributed by atoms with Crippen molar-refractivity contribution in [1.82, 2.24) is 5.32 Å². The van der Waals surface area contributed by atoms with Crippen LogP contribution in [0.5, 0.6) is 5.75 Å². The number of fused-ring (bicyclic) bond motifs is 2. The fourth-order valence-electron chi connectivity index (χ4n) is 6.10. The number of nitrogens with one attached hydrogen (secondary N) is 2. The van der Waals surface area contributed by atoms with Crippen molar-refractivity contribution in [2.24, 2.45) is 0 Å². The molecule has 202 valence electrons. The molecule has 3 atom stereocenters. The lowest BCUT2D eigenvalue weighted by Crippen LogP contribution is -2.57. The van der Waals surface area contributed by atoms with Gasteiger partial charge in [-0.15, -0.1) is 0 Å². The Bertz CT molecular complexity index is 1480. The number of ether oxygens (including phenoxy) is 2. The Morgan fingerprint density at radius 1 is 0.949 bits per heavy atom. The SMILES string of the molecule is O=C1CC(c2ccc(F)c(Cl)c2)C2(C(=O)Nc3cc(Cl)ccc32)C(c2cc(Cl)ccc2OC2CCOCC2)N1. The van der Waals surface area contributed by atoms with Gasteiger partial charge in [0.15, 0.2) is 0 Å². The lowest BCUT2D eigenvalue weighted by molar-refractivity contribution is -0.131. The number of anilines is 1. The first kappa shape index (κ1) is 26.4. The molecule has 3 unspecified atom stereocenters. The summed E-state index contributed by atoms with van der Waals surface area (Å²) < 4.78 is 26.1. The van der Waals surface area contributed by atoms with Crippen LogP contribution in [-0.2, 0) is 19.7 Å². The van der Waals surface area contributed by atoms with E-state index < -0.39 is 23.2 Å². The Labute approximate surface area is 239 Å². The number of hydrogen-bond acceptors (Lipinski definition) is 4. The highest BCUT2D eigenvalue weighted by Crippen LogP contribution is 2.58. The second-order valence-corrected chi connectivity index (χ2v) is 11.3. The monoisotopic (exact) mass is 588 g/mol. The maximum Gasteiger partial charge on any atom is 0.238 e. The van der Waals surface area contributed by atoms with E-state index in [1.54, 1.807) is 42.5 Å². The molecule has 0 radical (unpaired) electrons. The Kier molecular flexibility index (Phi) is 6.96. The summed E-state index contributed by atoms with van der Waals surface area (Å²) >= 11 is 19.0.